The van der Waals surface area contributed by atoms with Crippen molar-refractivity contribution < 1.29 is 4.79 Å². The maximum Gasteiger partial charge on any atom is 0.183 e. The molecule has 28 heavy (non-hydrogen) atoms. The van der Waals surface area contributed by atoms with Gasteiger partial charge in [-0.2, -0.15) is 5.10 Å². The Morgan fingerprint density at radius 1 is 0.821 bits per heavy atom. The molecule has 0 spiro atoms. The van der Waals surface area contributed by atoms with Crippen LogP contribution in [0.5, 0.6) is 0 Å². The first-order chi connectivity index (χ1) is 13.8. The van der Waals surface area contributed by atoms with Crippen LogP contribution in [0.15, 0.2) is 90.3 Å². The van der Waals surface area contributed by atoms with Gasteiger partial charge in [0, 0.05) is 6.42 Å². The largest absolute Gasteiger partial charge is 0.298 e. The average molecular weight is 385 g/mol. The van der Waals surface area contributed by atoms with E-state index in [-0.39, 0.29) is 5.78 Å². The van der Waals surface area contributed by atoms with Gasteiger partial charge in [0.25, 0.3) is 0 Å². The Morgan fingerprint density at radius 3 is 2.18 bits per heavy atom. The van der Waals surface area contributed by atoms with Crippen LogP contribution in [-0.2, 0) is 11.2 Å². The number of nitrogens with zero attached hydrogens (tertiary/aromatic N) is 2. The smallest absolute Gasteiger partial charge is 0.183 e. The van der Waals surface area contributed by atoms with Gasteiger partial charge in [-0.25, -0.2) is 4.98 Å². The lowest BCUT2D eigenvalue weighted by atomic mass is 9.98. The molecule has 0 aliphatic heterocycles. The third kappa shape index (κ3) is 4.56. The van der Waals surface area contributed by atoms with Crippen LogP contribution in [0.4, 0.5) is 0 Å². The molecular formula is C23H19N3OS. The van der Waals surface area contributed by atoms with Gasteiger partial charge >= 0.3 is 0 Å². The number of benzene rings is 3. The van der Waals surface area contributed by atoms with E-state index in [2.05, 4.69) is 75.8 Å². The summed E-state index contributed by atoms with van der Waals surface area (Å²) >= 11 is 1.38. The van der Waals surface area contributed by atoms with Crippen LogP contribution in [-0.4, -0.2) is 26.7 Å². The van der Waals surface area contributed by atoms with Crippen LogP contribution >= 0.6 is 11.8 Å². The summed E-state index contributed by atoms with van der Waals surface area (Å²) in [6.07, 6.45) is 1.86. The van der Waals surface area contributed by atoms with Crippen LogP contribution in [0.3, 0.4) is 0 Å². The maximum atomic E-state index is 12.2. The number of Topliss-reactive ketones (excluding diaryl/α,β-unsaturated/α-hetero) is 1. The van der Waals surface area contributed by atoms with E-state index in [1.165, 1.54) is 34.8 Å². The summed E-state index contributed by atoms with van der Waals surface area (Å²) in [5, 5.41) is 7.20. The lowest BCUT2D eigenvalue weighted by molar-refractivity contribution is -0.116. The van der Waals surface area contributed by atoms with Crippen molar-refractivity contribution >= 4 is 17.5 Å². The second-order valence-electron chi connectivity index (χ2n) is 6.44. The van der Waals surface area contributed by atoms with E-state index in [1.807, 2.05) is 18.2 Å². The summed E-state index contributed by atoms with van der Waals surface area (Å²) in [5.74, 6) is 0.552. The first-order valence-corrected chi connectivity index (χ1v) is 10.0. The quantitative estimate of drug-likeness (QED) is 0.453. The van der Waals surface area contributed by atoms with Crippen LogP contribution < -0.4 is 0 Å². The lowest BCUT2D eigenvalue weighted by Gasteiger charge is -2.07. The first-order valence-electron chi connectivity index (χ1n) is 9.02. The van der Waals surface area contributed by atoms with Gasteiger partial charge in [0.15, 0.2) is 5.16 Å². The van der Waals surface area contributed by atoms with Crippen molar-refractivity contribution in [2.45, 2.75) is 11.6 Å². The zero-order chi connectivity index (χ0) is 19.2. The fourth-order valence-corrected chi connectivity index (χ4v) is 3.65. The molecule has 0 bridgehead atoms. The number of hydrogen-bond donors (Lipinski definition) is 1. The molecule has 4 nitrogen and oxygen atoms in total. The first kappa shape index (κ1) is 18.2. The standard InChI is InChI=1S/C23H19N3OS/c27-22(15-28-23-24-16-25-26-23)13-17-9-11-19(12-10-17)21-8-4-7-20(14-21)18-5-2-1-3-6-18/h1-12,14,16H,13,15H2,(H,24,25,26). The van der Waals surface area contributed by atoms with Crippen molar-refractivity contribution in [2.75, 3.05) is 5.75 Å². The SMILES string of the molecule is O=C(CSc1ncn[nH]1)Cc1ccc(-c2cccc(-c3ccccc3)c2)cc1. The predicted octanol–water partition coefficient (Wildman–Crippen LogP) is 5.04. The Kier molecular flexibility index (Phi) is 5.64. The number of aromatic amines is 1. The highest BCUT2D eigenvalue weighted by molar-refractivity contribution is 7.99. The average Bonchev–Trinajstić information content (AvgIpc) is 3.27. The molecule has 1 heterocycles. The van der Waals surface area contributed by atoms with Crippen LogP contribution in [0.25, 0.3) is 22.3 Å². The molecular weight excluding hydrogens is 366 g/mol. The monoisotopic (exact) mass is 385 g/mol. The topological polar surface area (TPSA) is 58.6 Å². The molecule has 0 amide bonds. The van der Waals surface area contributed by atoms with Gasteiger partial charge in [-0.05, 0) is 33.9 Å². The van der Waals surface area contributed by atoms with Crippen LogP contribution in [0, 0.1) is 0 Å². The zero-order valence-corrected chi connectivity index (χ0v) is 16.0. The molecule has 0 unspecified atom stereocenters. The molecule has 1 N–H and O–H groups in total. The van der Waals surface area contributed by atoms with Crippen LogP contribution in [0.2, 0.25) is 0 Å². The summed E-state index contributed by atoms with van der Waals surface area (Å²) in [5.41, 5.74) is 5.73. The summed E-state index contributed by atoms with van der Waals surface area (Å²) in [6, 6.07) is 27.1. The highest BCUT2D eigenvalue weighted by Gasteiger charge is 2.07. The molecule has 0 fully saturated rings. The highest BCUT2D eigenvalue weighted by atomic mass is 32.2. The van der Waals surface area contributed by atoms with Crippen molar-refractivity contribution in [2.24, 2.45) is 0 Å². The normalized spacial score (nSPS) is 10.7. The molecule has 0 aliphatic rings. The third-order valence-electron chi connectivity index (χ3n) is 4.42. The minimum atomic E-state index is 0.167. The molecule has 3 aromatic carbocycles. The van der Waals surface area contributed by atoms with E-state index in [0.717, 1.165) is 11.1 Å². The van der Waals surface area contributed by atoms with E-state index in [4.69, 9.17) is 0 Å². The van der Waals surface area contributed by atoms with Gasteiger partial charge in [-0.1, -0.05) is 84.6 Å². The Bertz CT molecular complexity index is 1040. The van der Waals surface area contributed by atoms with Gasteiger partial charge in [0.2, 0.25) is 0 Å². The molecule has 0 saturated carbocycles. The summed E-state index contributed by atoms with van der Waals surface area (Å²) in [4.78, 5) is 16.2. The molecule has 0 atom stereocenters. The van der Waals surface area contributed by atoms with Crippen molar-refractivity contribution in [1.82, 2.24) is 15.2 Å². The van der Waals surface area contributed by atoms with E-state index in [1.54, 1.807) is 0 Å². The highest BCUT2D eigenvalue weighted by Crippen LogP contribution is 2.26. The fraction of sp³-hybridized carbons (Fsp3) is 0.0870. The molecule has 5 heteroatoms. The Labute approximate surface area is 168 Å². The number of carbonyl (C=O) groups excluding carboxylic acids is 1. The summed E-state index contributed by atoms with van der Waals surface area (Å²) in [6.45, 7) is 0. The van der Waals surface area contributed by atoms with E-state index >= 15 is 0 Å². The van der Waals surface area contributed by atoms with E-state index in [0.29, 0.717) is 17.3 Å². The number of ketones is 1. The minimum absolute atomic E-state index is 0.167. The van der Waals surface area contributed by atoms with Crippen molar-refractivity contribution in [3.63, 3.8) is 0 Å². The number of thioether (sulfide) groups is 1. The fourth-order valence-electron chi connectivity index (χ4n) is 3.02. The minimum Gasteiger partial charge on any atom is -0.298 e. The second-order valence-corrected chi connectivity index (χ2v) is 7.40. The Morgan fingerprint density at radius 2 is 1.50 bits per heavy atom. The number of H-pyrrole nitrogens is 1. The van der Waals surface area contributed by atoms with Crippen molar-refractivity contribution in [3.8, 4) is 22.3 Å². The number of aromatic nitrogens is 3. The molecule has 138 valence electrons. The van der Waals surface area contributed by atoms with Gasteiger partial charge in [0.05, 0.1) is 5.75 Å². The van der Waals surface area contributed by atoms with Crippen molar-refractivity contribution in [3.05, 3.63) is 90.8 Å². The number of hydrogen-bond acceptors (Lipinski definition) is 4. The third-order valence-corrected chi connectivity index (χ3v) is 5.36. The number of rotatable bonds is 7. The second kappa shape index (κ2) is 8.67. The molecule has 4 aromatic rings. The van der Waals surface area contributed by atoms with Crippen LogP contribution in [0.1, 0.15) is 5.56 Å². The number of carbonyl (C=O) groups is 1. The van der Waals surface area contributed by atoms with Gasteiger partial charge in [-0.3, -0.25) is 9.89 Å². The Balaban J connectivity index is 1.42. The van der Waals surface area contributed by atoms with Gasteiger partial charge in [-0.15, -0.1) is 0 Å². The summed E-state index contributed by atoms with van der Waals surface area (Å²) in [7, 11) is 0. The molecule has 1 aromatic heterocycles. The van der Waals surface area contributed by atoms with Gasteiger partial charge < -0.3 is 0 Å². The van der Waals surface area contributed by atoms with E-state index in [9.17, 15) is 4.79 Å². The van der Waals surface area contributed by atoms with Crippen molar-refractivity contribution in [1.29, 1.82) is 0 Å². The molecule has 0 radical (unpaired) electrons. The Hall–Kier alpha value is -3.18. The molecule has 4 rings (SSSR count). The predicted molar refractivity (Wildman–Crippen MR) is 113 cm³/mol. The summed E-state index contributed by atoms with van der Waals surface area (Å²) < 4.78 is 0. The molecule has 0 saturated heterocycles. The van der Waals surface area contributed by atoms with E-state index < -0.39 is 0 Å². The maximum absolute atomic E-state index is 12.2. The number of nitrogens with one attached hydrogen (secondary N) is 1. The van der Waals surface area contributed by atoms with Gasteiger partial charge in [0.1, 0.15) is 12.1 Å². The zero-order valence-electron chi connectivity index (χ0n) is 15.2. The molecule has 0 aliphatic carbocycles. The lowest BCUT2D eigenvalue weighted by Crippen LogP contribution is -2.05.